The van der Waals surface area contributed by atoms with Crippen LogP contribution in [-0.4, -0.2) is 45.8 Å². The molecule has 1 aromatic heterocycles. The van der Waals surface area contributed by atoms with Crippen molar-refractivity contribution in [2.45, 2.75) is 57.2 Å². The van der Waals surface area contributed by atoms with Crippen molar-refractivity contribution in [3.05, 3.63) is 35.5 Å². The monoisotopic (exact) mass is 388 g/mol. The van der Waals surface area contributed by atoms with Crippen molar-refractivity contribution in [3.63, 3.8) is 0 Å². The van der Waals surface area contributed by atoms with Crippen LogP contribution in [0.5, 0.6) is 0 Å². The average molecular weight is 389 g/mol. The average Bonchev–Trinajstić information content (AvgIpc) is 3.11. The van der Waals surface area contributed by atoms with Gasteiger partial charge in [-0.05, 0) is 49.8 Å². The maximum absolute atomic E-state index is 12.1. The number of H-pyrrole nitrogens is 1. The largest absolute Gasteiger partial charge is 0.361 e. The Balaban J connectivity index is 1.53. The van der Waals surface area contributed by atoms with E-state index in [2.05, 4.69) is 51.9 Å². The Bertz CT molecular complexity index is 814. The van der Waals surface area contributed by atoms with E-state index in [1.54, 1.807) is 0 Å². The summed E-state index contributed by atoms with van der Waals surface area (Å²) in [5, 5.41) is 8.65. The minimum absolute atomic E-state index is 0.327. The topological polar surface area (TPSA) is 69.3 Å². The molecule has 148 valence electrons. The van der Waals surface area contributed by atoms with E-state index in [1.807, 2.05) is 14.0 Å². The summed E-state index contributed by atoms with van der Waals surface area (Å²) >= 11 is 0. The molecule has 6 heteroatoms. The summed E-state index contributed by atoms with van der Waals surface area (Å²) in [7, 11) is 1.12. The lowest BCUT2D eigenvalue weighted by molar-refractivity contribution is 0.413. The lowest BCUT2D eigenvalue weighted by atomic mass is 9.95. The highest BCUT2D eigenvalue weighted by Gasteiger charge is 2.26. The van der Waals surface area contributed by atoms with E-state index < -0.39 is 10.8 Å². The molecule has 3 N–H and O–H groups in total. The Labute approximate surface area is 164 Å². The van der Waals surface area contributed by atoms with Crippen LogP contribution in [0, 0.1) is 6.92 Å². The second-order valence-electron chi connectivity index (χ2n) is 7.36. The minimum Gasteiger partial charge on any atom is -0.361 e. The first-order valence-corrected chi connectivity index (χ1v) is 11.4. The highest BCUT2D eigenvalue weighted by atomic mass is 32.2. The van der Waals surface area contributed by atoms with Gasteiger partial charge in [0.15, 0.2) is 5.96 Å². The van der Waals surface area contributed by atoms with Crippen LogP contribution in [-0.2, 0) is 17.2 Å². The zero-order valence-corrected chi connectivity index (χ0v) is 17.5. The Hall–Kier alpha value is -1.82. The van der Waals surface area contributed by atoms with Crippen molar-refractivity contribution in [1.29, 1.82) is 0 Å². The van der Waals surface area contributed by atoms with Crippen molar-refractivity contribution >= 4 is 27.7 Å². The van der Waals surface area contributed by atoms with E-state index in [0.29, 0.717) is 11.3 Å². The number of nitrogens with one attached hydrogen (secondary N) is 3. The fraction of sp³-hybridized carbons (Fsp3) is 0.571. The van der Waals surface area contributed by atoms with E-state index in [0.717, 1.165) is 50.4 Å². The number of benzene rings is 1. The molecule has 1 aromatic carbocycles. The molecule has 1 aliphatic carbocycles. The second kappa shape index (κ2) is 9.40. The van der Waals surface area contributed by atoms with Crippen LogP contribution >= 0.6 is 0 Å². The van der Waals surface area contributed by atoms with Crippen molar-refractivity contribution in [2.24, 2.45) is 4.99 Å². The van der Waals surface area contributed by atoms with Gasteiger partial charge >= 0.3 is 0 Å². The van der Waals surface area contributed by atoms with E-state index in [4.69, 9.17) is 0 Å². The van der Waals surface area contributed by atoms with Gasteiger partial charge in [0.05, 0.1) is 0 Å². The number of aromatic amines is 1. The standard InChI is InChI=1S/C21H32N4OS/c1-4-27(26)18-9-6-8-17(13-18)25-21(22-3)23-12-11-16-14-24-19-10-5-7-15(2)20(16)19/h5,7,10,14,17-18,24H,4,6,8-9,11-13H2,1-3H3,(H2,22,23,25). The van der Waals surface area contributed by atoms with E-state index in [-0.39, 0.29) is 0 Å². The summed E-state index contributed by atoms with van der Waals surface area (Å²) in [6, 6.07) is 6.73. The molecule has 1 heterocycles. The van der Waals surface area contributed by atoms with E-state index >= 15 is 0 Å². The van der Waals surface area contributed by atoms with Crippen LogP contribution in [0.1, 0.15) is 43.7 Å². The number of aryl methyl sites for hydroxylation is 1. The first-order chi connectivity index (χ1) is 13.1. The number of hydrogen-bond acceptors (Lipinski definition) is 2. The summed E-state index contributed by atoms with van der Waals surface area (Å²) in [4.78, 5) is 7.75. The van der Waals surface area contributed by atoms with Gasteiger partial charge in [-0.15, -0.1) is 0 Å². The number of aliphatic imine (C=N–C) groups is 1. The third-order valence-electron chi connectivity index (χ3n) is 5.53. The van der Waals surface area contributed by atoms with Crippen LogP contribution in [0.4, 0.5) is 0 Å². The van der Waals surface area contributed by atoms with Gasteiger partial charge in [0.1, 0.15) is 0 Å². The molecule has 1 saturated carbocycles. The summed E-state index contributed by atoms with van der Waals surface area (Å²) in [6.45, 7) is 5.01. The van der Waals surface area contributed by atoms with Gasteiger partial charge in [0.2, 0.25) is 0 Å². The van der Waals surface area contributed by atoms with Crippen LogP contribution in [0.3, 0.4) is 0 Å². The Morgan fingerprint density at radius 1 is 1.37 bits per heavy atom. The molecule has 0 aliphatic heterocycles. The molecule has 27 heavy (non-hydrogen) atoms. The third kappa shape index (κ3) is 4.92. The fourth-order valence-corrected chi connectivity index (χ4v) is 5.45. The molecule has 3 atom stereocenters. The molecule has 3 rings (SSSR count). The molecule has 1 fully saturated rings. The number of fused-ring (bicyclic) bond motifs is 1. The summed E-state index contributed by atoms with van der Waals surface area (Å²) in [5.41, 5.74) is 3.84. The first kappa shape index (κ1) is 19.9. The van der Waals surface area contributed by atoms with Crippen molar-refractivity contribution in [2.75, 3.05) is 19.3 Å². The van der Waals surface area contributed by atoms with E-state index in [1.165, 1.54) is 22.0 Å². The van der Waals surface area contributed by atoms with E-state index in [9.17, 15) is 4.21 Å². The molecule has 1 aliphatic rings. The Morgan fingerprint density at radius 3 is 3.00 bits per heavy atom. The van der Waals surface area contributed by atoms with Crippen LogP contribution in [0.25, 0.3) is 10.9 Å². The smallest absolute Gasteiger partial charge is 0.191 e. The summed E-state index contributed by atoms with van der Waals surface area (Å²) in [6.07, 6.45) is 7.38. The van der Waals surface area contributed by atoms with Crippen molar-refractivity contribution in [1.82, 2.24) is 15.6 Å². The lowest BCUT2D eigenvalue weighted by Crippen LogP contribution is -2.47. The quantitative estimate of drug-likeness (QED) is 0.525. The minimum atomic E-state index is -0.696. The molecular weight excluding hydrogens is 356 g/mol. The lowest BCUT2D eigenvalue weighted by Gasteiger charge is -2.30. The van der Waals surface area contributed by atoms with Gasteiger partial charge in [0.25, 0.3) is 0 Å². The highest BCUT2D eigenvalue weighted by molar-refractivity contribution is 7.85. The molecule has 0 saturated heterocycles. The molecule has 0 bridgehead atoms. The van der Waals surface area contributed by atoms with Crippen molar-refractivity contribution < 1.29 is 4.21 Å². The number of hydrogen-bond donors (Lipinski definition) is 3. The van der Waals surface area contributed by atoms with Gasteiger partial charge in [-0.3, -0.25) is 9.20 Å². The molecule has 2 aromatic rings. The molecular formula is C21H32N4OS. The predicted molar refractivity (Wildman–Crippen MR) is 116 cm³/mol. The molecule has 0 amide bonds. The normalized spacial score (nSPS) is 22.0. The van der Waals surface area contributed by atoms with Gasteiger partial charge in [-0.25, -0.2) is 0 Å². The molecule has 3 unspecified atom stereocenters. The summed E-state index contributed by atoms with van der Waals surface area (Å²) < 4.78 is 12.1. The first-order valence-electron chi connectivity index (χ1n) is 10.0. The number of guanidine groups is 1. The van der Waals surface area contributed by atoms with Crippen LogP contribution in [0.15, 0.2) is 29.4 Å². The summed E-state index contributed by atoms with van der Waals surface area (Å²) in [5.74, 6) is 1.61. The Morgan fingerprint density at radius 2 is 2.22 bits per heavy atom. The number of rotatable bonds is 6. The van der Waals surface area contributed by atoms with Gasteiger partial charge in [-0.2, -0.15) is 0 Å². The zero-order chi connectivity index (χ0) is 19.2. The molecule has 0 radical (unpaired) electrons. The molecule has 0 spiro atoms. The predicted octanol–water partition coefficient (Wildman–Crippen LogP) is 3.26. The van der Waals surface area contributed by atoms with Crippen LogP contribution in [0.2, 0.25) is 0 Å². The number of nitrogens with zero attached hydrogens (tertiary/aromatic N) is 1. The van der Waals surface area contributed by atoms with Gasteiger partial charge < -0.3 is 15.6 Å². The second-order valence-corrected chi connectivity index (χ2v) is 9.37. The number of aromatic nitrogens is 1. The van der Waals surface area contributed by atoms with Crippen LogP contribution < -0.4 is 10.6 Å². The van der Waals surface area contributed by atoms with Gasteiger partial charge in [0, 0.05) is 58.5 Å². The highest BCUT2D eigenvalue weighted by Crippen LogP contribution is 2.23. The molecule has 5 nitrogen and oxygen atoms in total. The maximum Gasteiger partial charge on any atom is 0.191 e. The third-order valence-corrected chi connectivity index (χ3v) is 7.27. The fourth-order valence-electron chi connectivity index (χ4n) is 4.10. The Kier molecular flexibility index (Phi) is 6.94. The van der Waals surface area contributed by atoms with Crippen molar-refractivity contribution in [3.8, 4) is 0 Å². The zero-order valence-electron chi connectivity index (χ0n) is 16.7. The maximum atomic E-state index is 12.1. The van der Waals surface area contributed by atoms with Gasteiger partial charge in [-0.1, -0.05) is 25.5 Å². The SMILES string of the molecule is CCS(=O)C1CCCC(NC(=NC)NCCc2c[nH]c3cccc(C)c23)C1.